The van der Waals surface area contributed by atoms with E-state index in [0.717, 1.165) is 88.6 Å². The Morgan fingerprint density at radius 1 is 0.536 bits per heavy atom. The molecule has 0 aliphatic carbocycles. The first-order valence-electron chi connectivity index (χ1n) is 18.6. The predicted molar refractivity (Wildman–Crippen MR) is 232 cm³/mol. The fraction of sp³-hybridized carbons (Fsp3) is 0.0196. The smallest absolute Gasteiger partial charge is 0.101 e. The van der Waals surface area contributed by atoms with Crippen molar-refractivity contribution in [2.24, 2.45) is 0 Å². The molecule has 0 radical (unpaired) electrons. The minimum Gasteiger partial charge on any atom is -0.309 e. The van der Waals surface area contributed by atoms with Crippen LogP contribution >= 0.6 is 0 Å². The molecule has 10 rings (SSSR count). The fourth-order valence-corrected chi connectivity index (χ4v) is 8.75. The topological polar surface area (TPSA) is 62.4 Å². The zero-order chi connectivity index (χ0) is 37.9. The summed E-state index contributed by atoms with van der Waals surface area (Å²) in [4.78, 5) is 0. The van der Waals surface area contributed by atoms with Crippen LogP contribution in [0.15, 0.2) is 164 Å². The molecule has 5 nitrogen and oxygen atoms in total. The van der Waals surface area contributed by atoms with E-state index in [-0.39, 0.29) is 0 Å². The van der Waals surface area contributed by atoms with Crippen LogP contribution in [0.2, 0.25) is 0 Å². The van der Waals surface area contributed by atoms with Crippen molar-refractivity contribution in [1.82, 2.24) is 13.7 Å². The van der Waals surface area contributed by atoms with Crippen LogP contribution in [0.25, 0.3) is 94.9 Å². The third kappa shape index (κ3) is 4.72. The Morgan fingerprint density at radius 2 is 1.16 bits per heavy atom. The van der Waals surface area contributed by atoms with E-state index in [1.165, 1.54) is 5.39 Å². The van der Waals surface area contributed by atoms with Crippen molar-refractivity contribution in [3.05, 3.63) is 187 Å². The van der Waals surface area contributed by atoms with Crippen molar-refractivity contribution in [1.29, 1.82) is 10.5 Å². The largest absolute Gasteiger partial charge is 0.309 e. The average Bonchev–Trinajstić information content (AvgIpc) is 3.89. The van der Waals surface area contributed by atoms with E-state index < -0.39 is 0 Å². The zero-order valence-corrected chi connectivity index (χ0v) is 30.6. The maximum Gasteiger partial charge on any atom is 0.101 e. The van der Waals surface area contributed by atoms with E-state index >= 15 is 0 Å². The standard InChI is InChI=1S/C51H33N5/c1-3-14-38-39-18-5-9-23-46(39)56(44(38)4-2)49-26-13-25-48-50(49)42-20-7-10-24-47(42)54(48)36-17-11-15-33(29-36)43-30-37(28-27-34(43)31-52)55-45-22-8-6-19-40(45)41-21-12-16-35(32-53)51(41)55/h3-30H,2H2,1H3/b14-3-. The lowest BCUT2D eigenvalue weighted by Crippen LogP contribution is -1.99. The van der Waals surface area contributed by atoms with E-state index in [1.807, 2.05) is 49.4 Å². The first-order valence-corrected chi connectivity index (χ1v) is 18.6. The summed E-state index contributed by atoms with van der Waals surface area (Å²) in [5.74, 6) is 0. The molecule has 10 aromatic rings. The highest BCUT2D eigenvalue weighted by Crippen LogP contribution is 2.41. The van der Waals surface area contributed by atoms with E-state index in [9.17, 15) is 10.5 Å². The summed E-state index contributed by atoms with van der Waals surface area (Å²) in [6, 6.07) is 57.0. The summed E-state index contributed by atoms with van der Waals surface area (Å²) in [5.41, 5.74) is 13.2. The van der Waals surface area contributed by atoms with Gasteiger partial charge in [0.05, 0.1) is 56.2 Å². The summed E-state index contributed by atoms with van der Waals surface area (Å²) in [7, 11) is 0. The molecule has 0 aliphatic heterocycles. The van der Waals surface area contributed by atoms with Gasteiger partial charge in [0.1, 0.15) is 6.07 Å². The zero-order valence-electron chi connectivity index (χ0n) is 30.6. The lowest BCUT2D eigenvalue weighted by Gasteiger charge is -2.14. The van der Waals surface area contributed by atoms with Crippen molar-refractivity contribution in [2.75, 3.05) is 0 Å². The van der Waals surface area contributed by atoms with Crippen molar-refractivity contribution in [3.8, 4) is 40.3 Å². The number of hydrogen-bond acceptors (Lipinski definition) is 2. The summed E-state index contributed by atoms with van der Waals surface area (Å²) in [6.45, 7) is 6.31. The highest BCUT2D eigenvalue weighted by molar-refractivity contribution is 6.14. The maximum atomic E-state index is 10.4. The van der Waals surface area contributed by atoms with E-state index in [4.69, 9.17) is 0 Å². The Kier molecular flexibility index (Phi) is 7.56. The third-order valence-electron chi connectivity index (χ3n) is 11.0. The van der Waals surface area contributed by atoms with Gasteiger partial charge in [0.2, 0.25) is 0 Å². The summed E-state index contributed by atoms with van der Waals surface area (Å²) in [5, 5.41) is 26.2. The molecule has 0 fully saturated rings. The number of para-hydroxylation sites is 4. The molecule has 0 N–H and O–H groups in total. The van der Waals surface area contributed by atoms with Crippen LogP contribution in [0.4, 0.5) is 0 Å². The molecule has 0 atom stereocenters. The van der Waals surface area contributed by atoms with E-state index in [1.54, 1.807) is 0 Å². The quantitative estimate of drug-likeness (QED) is 0.172. The number of nitriles is 2. The molecule has 0 saturated carbocycles. The number of fused-ring (bicyclic) bond motifs is 7. The van der Waals surface area contributed by atoms with Gasteiger partial charge in [0, 0.05) is 49.4 Å². The predicted octanol–water partition coefficient (Wildman–Crippen LogP) is 12.9. The van der Waals surface area contributed by atoms with Crippen LogP contribution in [0, 0.1) is 22.7 Å². The maximum absolute atomic E-state index is 10.4. The number of rotatable bonds is 6. The molecular formula is C51H33N5. The molecule has 3 heterocycles. The molecule has 0 amide bonds. The minimum absolute atomic E-state index is 0.574. The van der Waals surface area contributed by atoms with Gasteiger partial charge in [0.25, 0.3) is 0 Å². The highest BCUT2D eigenvalue weighted by Gasteiger charge is 2.22. The number of nitrogens with zero attached hydrogens (tertiary/aromatic N) is 5. The number of aromatic nitrogens is 3. The van der Waals surface area contributed by atoms with E-state index in [0.29, 0.717) is 11.1 Å². The average molecular weight is 716 g/mol. The Balaban J connectivity index is 1.20. The molecular weight excluding hydrogens is 683 g/mol. The van der Waals surface area contributed by atoms with Gasteiger partial charge in [-0.3, -0.25) is 0 Å². The van der Waals surface area contributed by atoms with Gasteiger partial charge in [-0.1, -0.05) is 104 Å². The molecule has 0 bridgehead atoms. The van der Waals surface area contributed by atoms with Crippen LogP contribution in [0.5, 0.6) is 0 Å². The minimum atomic E-state index is 0.574. The molecule has 56 heavy (non-hydrogen) atoms. The van der Waals surface area contributed by atoms with Crippen molar-refractivity contribution < 1.29 is 0 Å². The molecule has 0 spiro atoms. The Hall–Kier alpha value is -7.86. The van der Waals surface area contributed by atoms with Gasteiger partial charge >= 0.3 is 0 Å². The van der Waals surface area contributed by atoms with Crippen LogP contribution in [-0.4, -0.2) is 13.7 Å². The first kappa shape index (κ1) is 32.8. The lowest BCUT2D eigenvalue weighted by atomic mass is 9.98. The lowest BCUT2D eigenvalue weighted by molar-refractivity contribution is 1.12. The molecule has 7 aromatic carbocycles. The normalized spacial score (nSPS) is 11.6. The Bertz CT molecular complexity index is 3370. The second-order valence-electron chi connectivity index (χ2n) is 13.9. The Labute approximate surface area is 323 Å². The van der Waals surface area contributed by atoms with Crippen molar-refractivity contribution in [2.45, 2.75) is 6.92 Å². The summed E-state index contributed by atoms with van der Waals surface area (Å²) < 4.78 is 6.81. The second kappa shape index (κ2) is 12.9. The Morgan fingerprint density at radius 3 is 1.91 bits per heavy atom. The SMILES string of the molecule is C=Cc1c(/C=C\C)c2ccccc2n1-c1cccc2c1c1ccccc1n2-c1cccc(-c2cc(-n3c4ccccc4c4cccc(C#N)c43)ccc2C#N)c1. The van der Waals surface area contributed by atoms with Gasteiger partial charge in [-0.15, -0.1) is 0 Å². The molecule has 3 aromatic heterocycles. The molecule has 5 heteroatoms. The molecule has 0 unspecified atom stereocenters. The van der Waals surface area contributed by atoms with E-state index in [2.05, 4.69) is 160 Å². The fourth-order valence-electron chi connectivity index (χ4n) is 8.75. The van der Waals surface area contributed by atoms with Gasteiger partial charge in [-0.2, -0.15) is 10.5 Å². The second-order valence-corrected chi connectivity index (χ2v) is 13.9. The van der Waals surface area contributed by atoms with Gasteiger partial charge < -0.3 is 13.7 Å². The number of benzene rings is 7. The third-order valence-corrected chi connectivity index (χ3v) is 11.0. The molecule has 262 valence electrons. The van der Waals surface area contributed by atoms with Crippen LogP contribution in [0.1, 0.15) is 29.3 Å². The van der Waals surface area contributed by atoms with Crippen molar-refractivity contribution >= 4 is 66.7 Å². The van der Waals surface area contributed by atoms with Gasteiger partial charge in [0.15, 0.2) is 0 Å². The number of hydrogen-bond donors (Lipinski definition) is 0. The van der Waals surface area contributed by atoms with Crippen LogP contribution < -0.4 is 0 Å². The van der Waals surface area contributed by atoms with Gasteiger partial charge in [-0.05, 0) is 85.3 Å². The molecule has 0 saturated heterocycles. The monoisotopic (exact) mass is 715 g/mol. The highest BCUT2D eigenvalue weighted by atomic mass is 15.0. The van der Waals surface area contributed by atoms with Crippen molar-refractivity contribution in [3.63, 3.8) is 0 Å². The summed E-state index contributed by atoms with van der Waals surface area (Å²) in [6.07, 6.45) is 6.20. The molecule has 0 aliphatic rings. The number of allylic oxidation sites excluding steroid dienone is 1. The van der Waals surface area contributed by atoms with Crippen LogP contribution in [-0.2, 0) is 0 Å². The first-order chi connectivity index (χ1) is 27.6. The summed E-state index contributed by atoms with van der Waals surface area (Å²) >= 11 is 0. The van der Waals surface area contributed by atoms with Crippen LogP contribution in [0.3, 0.4) is 0 Å². The van der Waals surface area contributed by atoms with Gasteiger partial charge in [-0.25, -0.2) is 0 Å².